The Morgan fingerprint density at radius 2 is 2.08 bits per heavy atom. The van der Waals surface area contributed by atoms with E-state index in [0.29, 0.717) is 11.0 Å². The van der Waals surface area contributed by atoms with Crippen LogP contribution in [0.3, 0.4) is 0 Å². The number of nitrogens with zero attached hydrogens (tertiary/aromatic N) is 1. The van der Waals surface area contributed by atoms with E-state index in [2.05, 4.69) is 20.9 Å². The third-order valence-electron chi connectivity index (χ3n) is 4.86. The Hall–Kier alpha value is -1.99. The van der Waals surface area contributed by atoms with Gasteiger partial charge in [-0.05, 0) is 48.8 Å². The number of amides is 2. The minimum Gasteiger partial charge on any atom is -0.361 e. The molecule has 2 amide bonds. The first-order valence-corrected chi connectivity index (χ1v) is 8.14. The highest BCUT2D eigenvalue weighted by Crippen LogP contribution is 2.55. The number of hydrogen-bond donors (Lipinski definition) is 3. The monoisotopic (exact) mass is 342 g/mol. The molecule has 2 aliphatic rings. The molecule has 8 heteroatoms. The van der Waals surface area contributed by atoms with Crippen molar-refractivity contribution < 1.29 is 18.0 Å². The Balaban J connectivity index is 1.40. The highest BCUT2D eigenvalue weighted by atomic mass is 19.4. The van der Waals surface area contributed by atoms with Crippen LogP contribution in [0.4, 0.5) is 23.8 Å². The number of alkyl halides is 3. The van der Waals surface area contributed by atoms with E-state index in [9.17, 15) is 18.0 Å². The summed E-state index contributed by atoms with van der Waals surface area (Å²) in [5.41, 5.74) is 1.19. The third kappa shape index (κ3) is 4.30. The van der Waals surface area contributed by atoms with Gasteiger partial charge < -0.3 is 16.0 Å². The average molecular weight is 342 g/mol. The molecule has 1 heterocycles. The van der Waals surface area contributed by atoms with Crippen molar-refractivity contribution in [3.63, 3.8) is 0 Å². The van der Waals surface area contributed by atoms with Crippen molar-refractivity contribution >= 4 is 11.8 Å². The predicted molar refractivity (Wildman–Crippen MR) is 83.5 cm³/mol. The van der Waals surface area contributed by atoms with Crippen molar-refractivity contribution in [1.29, 1.82) is 0 Å². The molecule has 5 nitrogen and oxygen atoms in total. The summed E-state index contributed by atoms with van der Waals surface area (Å²) in [7, 11) is 0. The van der Waals surface area contributed by atoms with Crippen LogP contribution in [0.2, 0.25) is 0 Å². The van der Waals surface area contributed by atoms with Crippen LogP contribution in [0.5, 0.6) is 0 Å². The molecule has 1 aromatic heterocycles. The SMILES string of the molecule is O=C(NCc1ccnc(NCC(F)(F)F)c1)NC1CC2(CCC2)C1. The summed E-state index contributed by atoms with van der Waals surface area (Å²) < 4.78 is 36.6. The van der Waals surface area contributed by atoms with Crippen LogP contribution in [0.25, 0.3) is 0 Å². The van der Waals surface area contributed by atoms with Crippen molar-refractivity contribution in [1.82, 2.24) is 15.6 Å². The topological polar surface area (TPSA) is 66.0 Å². The molecule has 0 saturated heterocycles. The lowest BCUT2D eigenvalue weighted by molar-refractivity contribution is -0.115. The number of halogens is 3. The van der Waals surface area contributed by atoms with Crippen LogP contribution in [0.15, 0.2) is 18.3 Å². The largest absolute Gasteiger partial charge is 0.405 e. The van der Waals surface area contributed by atoms with Gasteiger partial charge in [-0.2, -0.15) is 13.2 Å². The molecule has 132 valence electrons. The molecule has 0 atom stereocenters. The molecule has 0 unspecified atom stereocenters. The van der Waals surface area contributed by atoms with Crippen molar-refractivity contribution in [3.05, 3.63) is 23.9 Å². The molecule has 2 fully saturated rings. The first-order chi connectivity index (χ1) is 11.3. The van der Waals surface area contributed by atoms with Crippen LogP contribution >= 0.6 is 0 Å². The second-order valence-corrected chi connectivity index (χ2v) is 6.80. The van der Waals surface area contributed by atoms with Gasteiger partial charge in [0.1, 0.15) is 12.4 Å². The van der Waals surface area contributed by atoms with Crippen LogP contribution in [-0.2, 0) is 6.54 Å². The third-order valence-corrected chi connectivity index (χ3v) is 4.86. The van der Waals surface area contributed by atoms with Gasteiger partial charge in [-0.15, -0.1) is 0 Å². The fraction of sp³-hybridized carbons (Fsp3) is 0.625. The van der Waals surface area contributed by atoms with Crippen LogP contribution < -0.4 is 16.0 Å². The Labute approximate surface area is 138 Å². The van der Waals surface area contributed by atoms with E-state index in [4.69, 9.17) is 0 Å². The first-order valence-electron chi connectivity index (χ1n) is 8.14. The molecule has 0 aliphatic heterocycles. The molecule has 1 aromatic rings. The number of urea groups is 1. The molecule has 3 rings (SSSR count). The average Bonchev–Trinajstić information content (AvgIpc) is 2.44. The number of pyridine rings is 1. The van der Waals surface area contributed by atoms with Gasteiger partial charge in [-0.3, -0.25) is 0 Å². The van der Waals surface area contributed by atoms with Gasteiger partial charge in [-0.1, -0.05) is 6.42 Å². The Morgan fingerprint density at radius 1 is 1.33 bits per heavy atom. The Kier molecular flexibility index (Phi) is 4.56. The summed E-state index contributed by atoms with van der Waals surface area (Å²) in [4.78, 5) is 15.7. The number of carbonyl (C=O) groups excluding carboxylic acids is 1. The predicted octanol–water partition coefficient (Wildman–Crippen LogP) is 3.19. The number of hydrogen-bond acceptors (Lipinski definition) is 3. The lowest BCUT2D eigenvalue weighted by atomic mass is 9.54. The van der Waals surface area contributed by atoms with E-state index in [0.717, 1.165) is 12.8 Å². The summed E-state index contributed by atoms with van der Waals surface area (Å²) in [5, 5.41) is 7.89. The summed E-state index contributed by atoms with van der Waals surface area (Å²) in [6.45, 7) is -0.895. The molecule has 2 aliphatic carbocycles. The van der Waals surface area contributed by atoms with Crippen molar-refractivity contribution in [2.45, 2.75) is 50.9 Å². The summed E-state index contributed by atoms with van der Waals surface area (Å²) >= 11 is 0. The normalized spacial score (nSPS) is 19.3. The summed E-state index contributed by atoms with van der Waals surface area (Å²) in [5.74, 6) is 0.137. The second kappa shape index (κ2) is 6.49. The number of carbonyl (C=O) groups is 1. The zero-order chi connectivity index (χ0) is 17.2. The maximum Gasteiger partial charge on any atom is 0.405 e. The zero-order valence-corrected chi connectivity index (χ0v) is 13.2. The molecule has 0 radical (unpaired) electrons. The van der Waals surface area contributed by atoms with Gasteiger partial charge in [0.15, 0.2) is 0 Å². The van der Waals surface area contributed by atoms with Gasteiger partial charge in [-0.25, -0.2) is 9.78 Å². The quantitative estimate of drug-likeness (QED) is 0.770. The van der Waals surface area contributed by atoms with Gasteiger partial charge in [0.05, 0.1) is 0 Å². The Morgan fingerprint density at radius 3 is 2.71 bits per heavy atom. The summed E-state index contributed by atoms with van der Waals surface area (Å²) in [6, 6.07) is 3.16. The van der Waals surface area contributed by atoms with E-state index in [1.54, 1.807) is 6.07 Å². The van der Waals surface area contributed by atoms with Crippen molar-refractivity contribution in [3.8, 4) is 0 Å². The number of rotatable bonds is 5. The highest BCUT2D eigenvalue weighted by Gasteiger charge is 2.48. The number of aromatic nitrogens is 1. The van der Waals surface area contributed by atoms with Gasteiger partial charge in [0.25, 0.3) is 0 Å². The maximum atomic E-state index is 12.2. The highest BCUT2D eigenvalue weighted by molar-refractivity contribution is 5.74. The molecular formula is C16H21F3N4O. The minimum absolute atomic E-state index is 0.137. The molecular weight excluding hydrogens is 321 g/mol. The van der Waals surface area contributed by atoms with E-state index < -0.39 is 12.7 Å². The van der Waals surface area contributed by atoms with E-state index in [1.807, 2.05) is 0 Å². The smallest absolute Gasteiger partial charge is 0.361 e. The first kappa shape index (κ1) is 16.9. The van der Waals surface area contributed by atoms with Crippen molar-refractivity contribution in [2.75, 3.05) is 11.9 Å². The molecule has 2 saturated carbocycles. The van der Waals surface area contributed by atoms with Crippen LogP contribution in [-0.4, -0.2) is 29.8 Å². The zero-order valence-electron chi connectivity index (χ0n) is 13.2. The van der Waals surface area contributed by atoms with E-state index in [1.165, 1.54) is 31.5 Å². The van der Waals surface area contributed by atoms with Crippen molar-refractivity contribution in [2.24, 2.45) is 5.41 Å². The standard InChI is InChI=1S/C16H21F3N4O/c17-16(18,19)10-22-13-6-11(2-5-20-13)9-21-14(24)23-12-7-15(8-12)3-1-4-15/h2,5-6,12H,1,3-4,7-10H2,(H,20,22)(H2,21,23,24). The number of anilines is 1. The Bertz CT molecular complexity index is 593. The lowest BCUT2D eigenvalue weighted by Crippen LogP contribution is -2.55. The van der Waals surface area contributed by atoms with Crippen LogP contribution in [0.1, 0.15) is 37.7 Å². The van der Waals surface area contributed by atoms with Crippen LogP contribution in [0, 0.1) is 5.41 Å². The van der Waals surface area contributed by atoms with Gasteiger partial charge in [0.2, 0.25) is 0 Å². The second-order valence-electron chi connectivity index (χ2n) is 6.80. The number of nitrogens with one attached hydrogen (secondary N) is 3. The maximum absolute atomic E-state index is 12.2. The molecule has 0 aromatic carbocycles. The minimum atomic E-state index is -4.30. The molecule has 1 spiro atoms. The van der Waals surface area contributed by atoms with Gasteiger partial charge in [0, 0.05) is 18.8 Å². The fourth-order valence-corrected chi connectivity index (χ4v) is 3.46. The molecule has 3 N–H and O–H groups in total. The van der Waals surface area contributed by atoms with E-state index in [-0.39, 0.29) is 24.4 Å². The van der Waals surface area contributed by atoms with Gasteiger partial charge >= 0.3 is 12.2 Å². The summed E-state index contributed by atoms with van der Waals surface area (Å²) in [6.07, 6.45) is 3.08. The lowest BCUT2D eigenvalue weighted by Gasteiger charge is -2.54. The molecule has 24 heavy (non-hydrogen) atoms. The van der Waals surface area contributed by atoms with E-state index >= 15 is 0 Å². The fourth-order valence-electron chi connectivity index (χ4n) is 3.46. The molecule has 0 bridgehead atoms.